The van der Waals surface area contributed by atoms with Crippen LogP contribution in [0.1, 0.15) is 18.1 Å². The van der Waals surface area contributed by atoms with Gasteiger partial charge >= 0.3 is 5.97 Å². The van der Waals surface area contributed by atoms with E-state index < -0.39 is 11.9 Å². The summed E-state index contributed by atoms with van der Waals surface area (Å²) in [5, 5.41) is 29.2. The highest BCUT2D eigenvalue weighted by Gasteiger charge is 2.10. The van der Waals surface area contributed by atoms with Crippen molar-refractivity contribution < 1.29 is 9.90 Å². The molecule has 0 bridgehead atoms. The van der Waals surface area contributed by atoms with E-state index in [1.807, 2.05) is 12.1 Å². The van der Waals surface area contributed by atoms with Gasteiger partial charge in [-0.15, -0.1) is 0 Å². The molecule has 0 spiro atoms. The third-order valence-electron chi connectivity index (χ3n) is 2.29. The van der Waals surface area contributed by atoms with Crippen molar-refractivity contribution in [3.8, 4) is 12.1 Å². The second-order valence-electron chi connectivity index (χ2n) is 3.60. The summed E-state index contributed by atoms with van der Waals surface area (Å²) >= 11 is 0. The monoisotopic (exact) mass is 229 g/mol. The van der Waals surface area contributed by atoms with Crippen LogP contribution in [-0.2, 0) is 4.79 Å². The molecule has 5 nitrogen and oxygen atoms in total. The Morgan fingerprint density at radius 1 is 1.41 bits per heavy atom. The summed E-state index contributed by atoms with van der Waals surface area (Å²) in [5.74, 6) is -1.40. The molecule has 1 unspecified atom stereocenters. The van der Waals surface area contributed by atoms with Crippen LogP contribution < -0.4 is 5.32 Å². The van der Waals surface area contributed by atoms with Crippen LogP contribution in [-0.4, -0.2) is 17.6 Å². The van der Waals surface area contributed by atoms with E-state index in [1.165, 1.54) is 12.1 Å². The lowest BCUT2D eigenvalue weighted by Gasteiger charge is -2.09. The van der Waals surface area contributed by atoms with Gasteiger partial charge in [-0.05, 0) is 18.2 Å². The van der Waals surface area contributed by atoms with Crippen molar-refractivity contribution in [1.82, 2.24) is 0 Å². The second-order valence-corrected chi connectivity index (χ2v) is 3.60. The number of hydrogen-bond acceptors (Lipinski definition) is 4. The van der Waals surface area contributed by atoms with E-state index in [0.29, 0.717) is 11.3 Å². The first-order chi connectivity index (χ1) is 8.08. The molecular weight excluding hydrogens is 218 g/mol. The van der Waals surface area contributed by atoms with E-state index in [1.54, 1.807) is 13.0 Å². The number of hydrogen-bond donors (Lipinski definition) is 2. The summed E-state index contributed by atoms with van der Waals surface area (Å²) in [6.07, 6.45) is 0. The number of benzene rings is 1. The fraction of sp³-hybridized carbons (Fsp3) is 0.250. The van der Waals surface area contributed by atoms with Crippen molar-refractivity contribution in [3.63, 3.8) is 0 Å². The first-order valence-electron chi connectivity index (χ1n) is 4.99. The summed E-state index contributed by atoms with van der Waals surface area (Å²) < 4.78 is 0. The van der Waals surface area contributed by atoms with Crippen LogP contribution in [0.3, 0.4) is 0 Å². The first-order valence-corrected chi connectivity index (χ1v) is 4.99. The second kappa shape index (κ2) is 5.53. The van der Waals surface area contributed by atoms with Gasteiger partial charge in [0.25, 0.3) is 0 Å². The highest BCUT2D eigenvalue weighted by molar-refractivity contribution is 5.70. The van der Waals surface area contributed by atoms with Gasteiger partial charge in [0.15, 0.2) is 0 Å². The van der Waals surface area contributed by atoms with E-state index in [2.05, 4.69) is 5.32 Å². The van der Waals surface area contributed by atoms with Gasteiger partial charge in [-0.3, -0.25) is 4.79 Å². The van der Waals surface area contributed by atoms with Crippen molar-refractivity contribution in [3.05, 3.63) is 29.3 Å². The predicted molar refractivity (Wildman–Crippen MR) is 61.2 cm³/mol. The summed E-state index contributed by atoms with van der Waals surface area (Å²) in [6.45, 7) is 1.86. The Balaban J connectivity index is 2.78. The number of carboxylic acids is 1. The normalized spacial score (nSPS) is 11.0. The predicted octanol–water partition coefficient (Wildman–Crippen LogP) is 1.56. The molecular formula is C12H11N3O2. The van der Waals surface area contributed by atoms with Crippen LogP contribution in [0.4, 0.5) is 5.69 Å². The van der Waals surface area contributed by atoms with Crippen molar-refractivity contribution >= 4 is 11.7 Å². The van der Waals surface area contributed by atoms with Crippen LogP contribution in [0, 0.1) is 28.6 Å². The van der Waals surface area contributed by atoms with Crippen LogP contribution in [0.25, 0.3) is 0 Å². The van der Waals surface area contributed by atoms with Crippen LogP contribution in [0.2, 0.25) is 0 Å². The number of carbonyl (C=O) groups is 1. The number of nitrogens with zero attached hydrogens (tertiary/aromatic N) is 2. The van der Waals surface area contributed by atoms with Gasteiger partial charge in [0.1, 0.15) is 12.1 Å². The maximum absolute atomic E-state index is 10.6. The lowest BCUT2D eigenvalue weighted by Crippen LogP contribution is -2.19. The molecule has 17 heavy (non-hydrogen) atoms. The molecule has 2 N–H and O–H groups in total. The molecule has 0 fully saturated rings. The van der Waals surface area contributed by atoms with Crippen LogP contribution in [0.5, 0.6) is 0 Å². The number of nitrogens with one attached hydrogen (secondary N) is 1. The van der Waals surface area contributed by atoms with Crippen molar-refractivity contribution in [1.29, 1.82) is 10.5 Å². The standard InChI is InChI=1S/C12H11N3O2/c1-8(12(16)17)7-15-11-3-2-9(5-13)10(4-11)6-14/h2-4,8,15H,7H2,1H3,(H,16,17). The minimum Gasteiger partial charge on any atom is -0.481 e. The zero-order chi connectivity index (χ0) is 12.8. The summed E-state index contributed by atoms with van der Waals surface area (Å²) in [5.41, 5.74) is 1.22. The molecule has 1 rings (SSSR count). The number of carboxylic acid groups (broad SMARTS) is 1. The van der Waals surface area contributed by atoms with Gasteiger partial charge in [-0.2, -0.15) is 10.5 Å². The minimum absolute atomic E-state index is 0.270. The highest BCUT2D eigenvalue weighted by Crippen LogP contribution is 2.15. The molecule has 0 aromatic heterocycles. The molecule has 1 aromatic carbocycles. The molecule has 1 atom stereocenters. The lowest BCUT2D eigenvalue weighted by atomic mass is 10.1. The Morgan fingerprint density at radius 2 is 2.06 bits per heavy atom. The smallest absolute Gasteiger partial charge is 0.308 e. The molecule has 1 aromatic rings. The fourth-order valence-electron chi connectivity index (χ4n) is 1.20. The molecule has 5 heteroatoms. The average molecular weight is 229 g/mol. The maximum atomic E-state index is 10.6. The lowest BCUT2D eigenvalue weighted by molar-refractivity contribution is -0.140. The molecule has 86 valence electrons. The Morgan fingerprint density at radius 3 is 2.59 bits per heavy atom. The van der Waals surface area contributed by atoms with E-state index in [9.17, 15) is 4.79 Å². The molecule has 0 aliphatic carbocycles. The van der Waals surface area contributed by atoms with Crippen molar-refractivity contribution in [2.45, 2.75) is 6.92 Å². The van der Waals surface area contributed by atoms with Gasteiger partial charge in [0, 0.05) is 12.2 Å². The van der Waals surface area contributed by atoms with Gasteiger partial charge in [0.05, 0.1) is 17.0 Å². The molecule has 0 heterocycles. The summed E-state index contributed by atoms with van der Waals surface area (Å²) in [6, 6.07) is 8.55. The summed E-state index contributed by atoms with van der Waals surface area (Å²) in [7, 11) is 0. The Labute approximate surface area is 98.9 Å². The molecule has 0 saturated heterocycles. The minimum atomic E-state index is -0.883. The van der Waals surface area contributed by atoms with E-state index in [4.69, 9.17) is 15.6 Å². The molecule has 0 radical (unpaired) electrons. The van der Waals surface area contributed by atoms with E-state index in [-0.39, 0.29) is 12.1 Å². The van der Waals surface area contributed by atoms with Gasteiger partial charge in [-0.1, -0.05) is 6.92 Å². The van der Waals surface area contributed by atoms with Crippen molar-refractivity contribution in [2.75, 3.05) is 11.9 Å². The Bertz CT molecular complexity index is 511. The van der Waals surface area contributed by atoms with E-state index >= 15 is 0 Å². The fourth-order valence-corrected chi connectivity index (χ4v) is 1.20. The zero-order valence-corrected chi connectivity index (χ0v) is 9.27. The Hall–Kier alpha value is -2.53. The number of rotatable bonds is 4. The van der Waals surface area contributed by atoms with Crippen LogP contribution >= 0.6 is 0 Å². The molecule has 0 amide bonds. The topological polar surface area (TPSA) is 96.9 Å². The molecule has 0 saturated carbocycles. The van der Waals surface area contributed by atoms with Gasteiger partial charge in [-0.25, -0.2) is 0 Å². The highest BCUT2D eigenvalue weighted by atomic mass is 16.4. The van der Waals surface area contributed by atoms with Gasteiger partial charge in [0.2, 0.25) is 0 Å². The largest absolute Gasteiger partial charge is 0.481 e. The van der Waals surface area contributed by atoms with Crippen molar-refractivity contribution in [2.24, 2.45) is 5.92 Å². The zero-order valence-electron chi connectivity index (χ0n) is 9.27. The summed E-state index contributed by atoms with van der Waals surface area (Å²) in [4.78, 5) is 10.6. The molecule has 0 aliphatic heterocycles. The van der Waals surface area contributed by atoms with Gasteiger partial charge < -0.3 is 10.4 Å². The quantitative estimate of drug-likeness (QED) is 0.816. The van der Waals surface area contributed by atoms with Crippen LogP contribution in [0.15, 0.2) is 18.2 Å². The SMILES string of the molecule is CC(CNc1ccc(C#N)c(C#N)c1)C(=O)O. The molecule has 0 aliphatic rings. The van der Waals surface area contributed by atoms with E-state index in [0.717, 1.165) is 0 Å². The number of aliphatic carboxylic acids is 1. The average Bonchev–Trinajstić information content (AvgIpc) is 2.35. The first kappa shape index (κ1) is 12.5. The number of nitriles is 2. The Kier molecular flexibility index (Phi) is 4.08. The maximum Gasteiger partial charge on any atom is 0.308 e. The third kappa shape index (κ3) is 3.22. The third-order valence-corrected chi connectivity index (χ3v) is 2.29. The number of anilines is 1.